The van der Waals surface area contributed by atoms with Crippen LogP contribution < -0.4 is 5.32 Å². The third-order valence-corrected chi connectivity index (χ3v) is 4.02. The fraction of sp³-hybridized carbons (Fsp3) is 0.538. The van der Waals surface area contributed by atoms with Gasteiger partial charge >= 0.3 is 0 Å². The molecule has 0 heterocycles. The molecule has 2 rings (SSSR count). The molecule has 1 aromatic rings. The van der Waals surface area contributed by atoms with Gasteiger partial charge in [0.2, 0.25) is 0 Å². The first-order valence-electron chi connectivity index (χ1n) is 5.72. The highest BCUT2D eigenvalue weighted by atomic mass is 79.9. The first-order valence-corrected chi connectivity index (χ1v) is 6.51. The molecular formula is C13H18BrN. The van der Waals surface area contributed by atoms with E-state index in [4.69, 9.17) is 0 Å². The van der Waals surface area contributed by atoms with Crippen LogP contribution in [0.4, 0.5) is 0 Å². The number of halogens is 1. The fourth-order valence-corrected chi connectivity index (χ4v) is 2.61. The molecule has 0 bridgehead atoms. The van der Waals surface area contributed by atoms with Crippen molar-refractivity contribution in [1.82, 2.24) is 5.32 Å². The minimum atomic E-state index is 0.720. The second-order valence-electron chi connectivity index (χ2n) is 4.36. The minimum Gasteiger partial charge on any atom is -0.317 e. The lowest BCUT2D eigenvalue weighted by atomic mass is 10.0. The summed E-state index contributed by atoms with van der Waals surface area (Å²) in [5.74, 6) is 0.942. The molecule has 0 spiro atoms. The Morgan fingerprint density at radius 3 is 2.73 bits per heavy atom. The Hall–Kier alpha value is -0.340. The summed E-state index contributed by atoms with van der Waals surface area (Å²) in [7, 11) is 2.09. The van der Waals surface area contributed by atoms with Crippen molar-refractivity contribution in [2.75, 3.05) is 7.05 Å². The van der Waals surface area contributed by atoms with Gasteiger partial charge in [0.15, 0.2) is 0 Å². The van der Waals surface area contributed by atoms with E-state index >= 15 is 0 Å². The van der Waals surface area contributed by atoms with Gasteiger partial charge in [-0.1, -0.05) is 34.1 Å². The zero-order chi connectivity index (χ0) is 10.7. The maximum absolute atomic E-state index is 3.60. The first kappa shape index (κ1) is 11.2. The molecule has 82 valence electrons. The Morgan fingerprint density at radius 1 is 1.40 bits per heavy atom. The summed E-state index contributed by atoms with van der Waals surface area (Å²) in [4.78, 5) is 0. The van der Waals surface area contributed by atoms with E-state index in [0.29, 0.717) is 0 Å². The summed E-state index contributed by atoms with van der Waals surface area (Å²) in [5, 5.41) is 3.44. The van der Waals surface area contributed by atoms with Gasteiger partial charge in [0.05, 0.1) is 0 Å². The lowest BCUT2D eigenvalue weighted by Gasteiger charge is -2.15. The van der Waals surface area contributed by atoms with Crippen LogP contribution in [0.1, 0.15) is 24.8 Å². The van der Waals surface area contributed by atoms with E-state index in [1.807, 2.05) is 0 Å². The van der Waals surface area contributed by atoms with E-state index in [2.05, 4.69) is 52.6 Å². The summed E-state index contributed by atoms with van der Waals surface area (Å²) < 4.78 is 1.25. The van der Waals surface area contributed by atoms with Crippen LogP contribution in [0.5, 0.6) is 0 Å². The molecule has 1 aliphatic rings. The van der Waals surface area contributed by atoms with Crippen LogP contribution in [-0.2, 0) is 6.42 Å². The molecule has 1 nitrogen and oxygen atoms in total. The van der Waals surface area contributed by atoms with E-state index in [1.165, 1.54) is 35.7 Å². The molecule has 0 aliphatic heterocycles. The van der Waals surface area contributed by atoms with Gasteiger partial charge in [0.1, 0.15) is 0 Å². The molecule has 2 heteroatoms. The predicted molar refractivity (Wildman–Crippen MR) is 68.0 cm³/mol. The van der Waals surface area contributed by atoms with Gasteiger partial charge < -0.3 is 5.32 Å². The van der Waals surface area contributed by atoms with Crippen molar-refractivity contribution < 1.29 is 0 Å². The van der Waals surface area contributed by atoms with Crippen molar-refractivity contribution in [2.24, 2.45) is 5.92 Å². The Balaban J connectivity index is 1.89. The molecule has 1 aliphatic carbocycles. The number of hydrogen-bond donors (Lipinski definition) is 1. The van der Waals surface area contributed by atoms with Gasteiger partial charge in [0.25, 0.3) is 0 Å². The molecule has 1 N–H and O–H groups in total. The van der Waals surface area contributed by atoms with Crippen molar-refractivity contribution in [3.05, 3.63) is 34.3 Å². The molecule has 0 radical (unpaired) electrons. The van der Waals surface area contributed by atoms with Crippen LogP contribution in [0.3, 0.4) is 0 Å². The van der Waals surface area contributed by atoms with Crippen LogP contribution in [0, 0.1) is 5.92 Å². The number of rotatable bonds is 5. The Morgan fingerprint density at radius 2 is 2.13 bits per heavy atom. The predicted octanol–water partition coefficient (Wildman–Crippen LogP) is 3.38. The maximum atomic E-state index is 3.60. The number of benzene rings is 1. The average Bonchev–Trinajstić information content (AvgIpc) is 3.06. The molecule has 0 amide bonds. The number of aryl methyl sites for hydroxylation is 1. The van der Waals surface area contributed by atoms with Crippen LogP contribution in [0.2, 0.25) is 0 Å². The molecule has 15 heavy (non-hydrogen) atoms. The van der Waals surface area contributed by atoms with Crippen LogP contribution in [0.25, 0.3) is 0 Å². The van der Waals surface area contributed by atoms with Crippen molar-refractivity contribution in [3.63, 3.8) is 0 Å². The lowest BCUT2D eigenvalue weighted by molar-refractivity contribution is 0.470. The first-order chi connectivity index (χ1) is 7.31. The van der Waals surface area contributed by atoms with E-state index in [0.717, 1.165) is 12.0 Å². The van der Waals surface area contributed by atoms with Crippen molar-refractivity contribution in [1.29, 1.82) is 0 Å². The summed E-state index contributed by atoms with van der Waals surface area (Å²) in [6.45, 7) is 0. The average molecular weight is 268 g/mol. The van der Waals surface area contributed by atoms with Gasteiger partial charge in [0, 0.05) is 10.5 Å². The van der Waals surface area contributed by atoms with Gasteiger partial charge in [-0.25, -0.2) is 0 Å². The van der Waals surface area contributed by atoms with E-state index in [-0.39, 0.29) is 0 Å². The molecule has 0 aromatic heterocycles. The third-order valence-electron chi connectivity index (χ3n) is 3.24. The third kappa shape index (κ3) is 3.05. The van der Waals surface area contributed by atoms with Gasteiger partial charge in [-0.05, 0) is 50.3 Å². The highest BCUT2D eigenvalue weighted by Crippen LogP contribution is 2.34. The highest BCUT2D eigenvalue weighted by molar-refractivity contribution is 9.10. The Kier molecular flexibility index (Phi) is 3.81. The Bertz CT molecular complexity index is 320. The summed E-state index contributed by atoms with van der Waals surface area (Å²) in [6.07, 6.45) is 5.26. The van der Waals surface area contributed by atoms with Gasteiger partial charge in [-0.3, -0.25) is 0 Å². The molecule has 0 saturated heterocycles. The topological polar surface area (TPSA) is 12.0 Å². The van der Waals surface area contributed by atoms with E-state index < -0.39 is 0 Å². The van der Waals surface area contributed by atoms with Crippen molar-refractivity contribution in [3.8, 4) is 0 Å². The Labute approximate surface area is 100 Å². The zero-order valence-electron chi connectivity index (χ0n) is 9.17. The van der Waals surface area contributed by atoms with Crippen LogP contribution in [-0.4, -0.2) is 13.1 Å². The van der Waals surface area contributed by atoms with E-state index in [1.54, 1.807) is 0 Å². The lowest BCUT2D eigenvalue weighted by Crippen LogP contribution is -2.27. The van der Waals surface area contributed by atoms with Crippen molar-refractivity contribution >= 4 is 15.9 Å². The molecule has 1 saturated carbocycles. The summed E-state index contributed by atoms with van der Waals surface area (Å²) in [6, 6.07) is 9.25. The molecule has 1 atom stereocenters. The highest BCUT2D eigenvalue weighted by Gasteiger charge is 2.29. The largest absolute Gasteiger partial charge is 0.317 e. The van der Waals surface area contributed by atoms with Gasteiger partial charge in [-0.2, -0.15) is 0 Å². The second-order valence-corrected chi connectivity index (χ2v) is 5.22. The monoisotopic (exact) mass is 267 g/mol. The molecule has 1 unspecified atom stereocenters. The zero-order valence-corrected chi connectivity index (χ0v) is 10.8. The van der Waals surface area contributed by atoms with Crippen molar-refractivity contribution in [2.45, 2.75) is 31.7 Å². The summed E-state index contributed by atoms with van der Waals surface area (Å²) >= 11 is 3.60. The number of hydrogen-bond acceptors (Lipinski definition) is 1. The quantitative estimate of drug-likeness (QED) is 0.863. The van der Waals surface area contributed by atoms with Gasteiger partial charge in [-0.15, -0.1) is 0 Å². The normalized spacial score (nSPS) is 17.7. The smallest absolute Gasteiger partial charge is 0.0207 e. The minimum absolute atomic E-state index is 0.720. The fourth-order valence-electron chi connectivity index (χ4n) is 2.13. The molecule has 1 fully saturated rings. The standard InChI is InChI=1S/C13H18BrN/c1-15-13(11-6-7-11)9-8-10-4-2-3-5-12(10)14/h2-5,11,13,15H,6-9H2,1H3. The van der Waals surface area contributed by atoms with Crippen LogP contribution in [0.15, 0.2) is 28.7 Å². The van der Waals surface area contributed by atoms with E-state index in [9.17, 15) is 0 Å². The SMILES string of the molecule is CNC(CCc1ccccc1Br)C1CC1. The maximum Gasteiger partial charge on any atom is 0.0207 e. The number of nitrogens with one attached hydrogen (secondary N) is 1. The second kappa shape index (κ2) is 5.13. The van der Waals surface area contributed by atoms with Crippen LogP contribution >= 0.6 is 15.9 Å². The molecular weight excluding hydrogens is 250 g/mol. The summed E-state index contributed by atoms with van der Waals surface area (Å²) in [5.41, 5.74) is 1.43. The molecule has 1 aromatic carbocycles.